The summed E-state index contributed by atoms with van der Waals surface area (Å²) in [7, 11) is 0. The fourth-order valence-electron chi connectivity index (χ4n) is 2.02. The zero-order valence-electron chi connectivity index (χ0n) is 8.86. The van der Waals surface area contributed by atoms with Crippen LogP contribution in [0.15, 0.2) is 42.0 Å². The summed E-state index contributed by atoms with van der Waals surface area (Å²) in [5.41, 5.74) is 8.86. The lowest BCUT2D eigenvalue weighted by Gasteiger charge is -2.19. The van der Waals surface area contributed by atoms with E-state index in [-0.39, 0.29) is 18.4 Å². The van der Waals surface area contributed by atoms with Crippen molar-refractivity contribution in [3.8, 4) is 0 Å². The molecule has 1 unspecified atom stereocenters. The Morgan fingerprint density at radius 3 is 2.40 bits per heavy atom. The van der Waals surface area contributed by atoms with E-state index in [1.165, 1.54) is 36.8 Å². The number of hydrogen-bond acceptors (Lipinski definition) is 1. The summed E-state index contributed by atoms with van der Waals surface area (Å²) in [5.74, 6) is 0. The second-order valence-corrected chi connectivity index (χ2v) is 3.91. The van der Waals surface area contributed by atoms with Crippen LogP contribution in [0.2, 0.25) is 0 Å². The lowest BCUT2D eigenvalue weighted by molar-refractivity contribution is 0.648. The number of halogens is 1. The van der Waals surface area contributed by atoms with Gasteiger partial charge in [0.15, 0.2) is 0 Å². The van der Waals surface area contributed by atoms with Gasteiger partial charge in [0.25, 0.3) is 0 Å². The SMILES string of the molecule is Cl.NC(C1=CCCCC1)c1ccccc1. The van der Waals surface area contributed by atoms with Gasteiger partial charge in [-0.25, -0.2) is 0 Å². The summed E-state index contributed by atoms with van der Waals surface area (Å²) in [6.45, 7) is 0. The molecule has 1 aliphatic carbocycles. The number of hydrogen-bond donors (Lipinski definition) is 1. The van der Waals surface area contributed by atoms with Gasteiger partial charge in [0.1, 0.15) is 0 Å². The monoisotopic (exact) mass is 223 g/mol. The lowest BCUT2D eigenvalue weighted by Crippen LogP contribution is -2.14. The summed E-state index contributed by atoms with van der Waals surface area (Å²) in [6.07, 6.45) is 7.32. The quantitative estimate of drug-likeness (QED) is 0.762. The molecule has 2 heteroatoms. The molecule has 0 amide bonds. The second kappa shape index (κ2) is 5.94. The molecule has 1 aliphatic rings. The Bertz CT molecular complexity index is 319. The van der Waals surface area contributed by atoms with Crippen LogP contribution in [0, 0.1) is 0 Å². The van der Waals surface area contributed by atoms with E-state index in [2.05, 4.69) is 30.3 Å². The van der Waals surface area contributed by atoms with Gasteiger partial charge in [0.05, 0.1) is 6.04 Å². The Balaban J connectivity index is 0.00000112. The standard InChI is InChI=1S/C13H17N.ClH/c14-13(11-7-3-1-4-8-11)12-9-5-2-6-10-12;/h1,3-4,7-9,13H,2,5-6,10,14H2;1H. The summed E-state index contributed by atoms with van der Waals surface area (Å²) in [5, 5.41) is 0. The Labute approximate surface area is 97.8 Å². The van der Waals surface area contributed by atoms with Crippen molar-refractivity contribution in [1.29, 1.82) is 0 Å². The van der Waals surface area contributed by atoms with Crippen LogP contribution in [0.4, 0.5) is 0 Å². The van der Waals surface area contributed by atoms with E-state index >= 15 is 0 Å². The molecule has 1 aromatic rings. The fraction of sp³-hybridized carbons (Fsp3) is 0.385. The van der Waals surface area contributed by atoms with Gasteiger partial charge in [0, 0.05) is 0 Å². The minimum atomic E-state index is 0. The maximum atomic E-state index is 6.20. The first-order chi connectivity index (χ1) is 6.88. The van der Waals surface area contributed by atoms with Crippen molar-refractivity contribution in [2.45, 2.75) is 31.7 Å². The predicted octanol–water partition coefficient (Wildman–Crippen LogP) is 3.61. The zero-order chi connectivity index (χ0) is 9.80. The van der Waals surface area contributed by atoms with Crippen LogP contribution in [0.5, 0.6) is 0 Å². The first-order valence-corrected chi connectivity index (χ1v) is 5.37. The van der Waals surface area contributed by atoms with E-state index in [1.807, 2.05) is 6.07 Å². The Morgan fingerprint density at radius 2 is 1.80 bits per heavy atom. The van der Waals surface area contributed by atoms with Gasteiger partial charge < -0.3 is 5.73 Å². The number of nitrogens with two attached hydrogens (primary N) is 1. The average Bonchev–Trinajstić information content (AvgIpc) is 2.30. The molecule has 0 heterocycles. The lowest BCUT2D eigenvalue weighted by atomic mass is 9.90. The molecule has 0 fully saturated rings. The third-order valence-electron chi connectivity index (χ3n) is 2.88. The van der Waals surface area contributed by atoms with Crippen LogP contribution >= 0.6 is 12.4 Å². The maximum Gasteiger partial charge on any atom is 0.0510 e. The molecule has 0 radical (unpaired) electrons. The van der Waals surface area contributed by atoms with Crippen molar-refractivity contribution >= 4 is 12.4 Å². The highest BCUT2D eigenvalue weighted by molar-refractivity contribution is 5.85. The highest BCUT2D eigenvalue weighted by atomic mass is 35.5. The third-order valence-corrected chi connectivity index (χ3v) is 2.88. The summed E-state index contributed by atoms with van der Waals surface area (Å²) in [4.78, 5) is 0. The molecule has 2 N–H and O–H groups in total. The number of rotatable bonds is 2. The molecule has 82 valence electrons. The molecule has 0 saturated heterocycles. The van der Waals surface area contributed by atoms with E-state index in [0.29, 0.717) is 0 Å². The van der Waals surface area contributed by atoms with Crippen molar-refractivity contribution in [3.05, 3.63) is 47.5 Å². The molecule has 0 spiro atoms. The Hall–Kier alpha value is -0.790. The van der Waals surface area contributed by atoms with E-state index in [1.54, 1.807) is 0 Å². The van der Waals surface area contributed by atoms with Crippen molar-refractivity contribution in [1.82, 2.24) is 0 Å². The van der Waals surface area contributed by atoms with Gasteiger partial charge in [-0.3, -0.25) is 0 Å². The van der Waals surface area contributed by atoms with E-state index in [4.69, 9.17) is 5.73 Å². The molecule has 0 saturated carbocycles. The van der Waals surface area contributed by atoms with Crippen molar-refractivity contribution < 1.29 is 0 Å². The molecule has 0 bridgehead atoms. The molecule has 1 atom stereocenters. The van der Waals surface area contributed by atoms with Gasteiger partial charge >= 0.3 is 0 Å². The van der Waals surface area contributed by atoms with Gasteiger partial charge in [-0.1, -0.05) is 42.0 Å². The zero-order valence-corrected chi connectivity index (χ0v) is 9.67. The minimum Gasteiger partial charge on any atom is -0.321 e. The average molecular weight is 224 g/mol. The summed E-state index contributed by atoms with van der Waals surface area (Å²) >= 11 is 0. The third kappa shape index (κ3) is 3.08. The first kappa shape index (κ1) is 12.3. The van der Waals surface area contributed by atoms with Crippen molar-refractivity contribution in [2.24, 2.45) is 5.73 Å². The predicted molar refractivity (Wildman–Crippen MR) is 67.2 cm³/mol. The topological polar surface area (TPSA) is 26.0 Å². The van der Waals surface area contributed by atoms with Gasteiger partial charge in [-0.05, 0) is 31.2 Å². The summed E-state index contributed by atoms with van der Waals surface area (Å²) in [6, 6.07) is 10.5. The molecule has 2 rings (SSSR count). The van der Waals surface area contributed by atoms with E-state index in [9.17, 15) is 0 Å². The molecule has 0 aromatic heterocycles. The van der Waals surface area contributed by atoms with Crippen LogP contribution in [-0.2, 0) is 0 Å². The van der Waals surface area contributed by atoms with E-state index in [0.717, 1.165) is 0 Å². The first-order valence-electron chi connectivity index (χ1n) is 5.37. The molecule has 15 heavy (non-hydrogen) atoms. The largest absolute Gasteiger partial charge is 0.321 e. The van der Waals surface area contributed by atoms with Crippen LogP contribution in [0.25, 0.3) is 0 Å². The normalized spacial score (nSPS) is 17.5. The smallest absolute Gasteiger partial charge is 0.0510 e. The second-order valence-electron chi connectivity index (χ2n) is 3.91. The van der Waals surface area contributed by atoms with Crippen LogP contribution in [0.1, 0.15) is 37.3 Å². The molecular formula is C13H18ClN. The number of allylic oxidation sites excluding steroid dienone is 1. The van der Waals surface area contributed by atoms with Crippen LogP contribution in [0.3, 0.4) is 0 Å². The molecule has 1 aromatic carbocycles. The van der Waals surface area contributed by atoms with Crippen LogP contribution in [-0.4, -0.2) is 0 Å². The fourth-order valence-corrected chi connectivity index (χ4v) is 2.02. The van der Waals surface area contributed by atoms with E-state index < -0.39 is 0 Å². The molecule has 1 nitrogen and oxygen atoms in total. The van der Waals surface area contributed by atoms with Gasteiger partial charge in [-0.15, -0.1) is 12.4 Å². The van der Waals surface area contributed by atoms with Gasteiger partial charge in [-0.2, -0.15) is 0 Å². The molecule has 0 aliphatic heterocycles. The maximum absolute atomic E-state index is 6.20. The summed E-state index contributed by atoms with van der Waals surface area (Å²) < 4.78 is 0. The number of benzene rings is 1. The van der Waals surface area contributed by atoms with Crippen molar-refractivity contribution in [2.75, 3.05) is 0 Å². The van der Waals surface area contributed by atoms with Crippen molar-refractivity contribution in [3.63, 3.8) is 0 Å². The molecular weight excluding hydrogens is 206 g/mol. The Morgan fingerprint density at radius 1 is 1.07 bits per heavy atom. The van der Waals surface area contributed by atoms with Crippen LogP contribution < -0.4 is 5.73 Å². The Kier molecular flexibility index (Phi) is 4.86. The highest BCUT2D eigenvalue weighted by Gasteiger charge is 2.12. The minimum absolute atomic E-state index is 0. The highest BCUT2D eigenvalue weighted by Crippen LogP contribution is 2.27. The van der Waals surface area contributed by atoms with Gasteiger partial charge in [0.2, 0.25) is 0 Å².